The molecule has 0 bridgehead atoms. The van der Waals surface area contributed by atoms with Crippen molar-refractivity contribution in [3.63, 3.8) is 0 Å². The predicted octanol–water partition coefficient (Wildman–Crippen LogP) is 1.63. The molecule has 1 saturated heterocycles. The summed E-state index contributed by atoms with van der Waals surface area (Å²) >= 11 is 3.04. The maximum atomic E-state index is 13.3. The summed E-state index contributed by atoms with van der Waals surface area (Å²) in [5.41, 5.74) is 2.10. The summed E-state index contributed by atoms with van der Waals surface area (Å²) in [4.78, 5) is 17.7. The first-order valence-electron chi connectivity index (χ1n) is 7.48. The van der Waals surface area contributed by atoms with Crippen molar-refractivity contribution in [2.75, 3.05) is 18.4 Å². The van der Waals surface area contributed by atoms with Crippen LogP contribution in [-0.4, -0.2) is 56.6 Å². The third kappa shape index (κ3) is 3.98. The SMILES string of the molecule is O=C(Nc1nonc1C(=Nc1ccc(F)c(Br)c1)NO)N1CCC(O)C1. The number of aliphatic imine (C=N–C) groups is 1. The fraction of sp³-hybridized carbons (Fsp3) is 0.286. The topological polar surface area (TPSA) is 136 Å². The Morgan fingerprint density at radius 2 is 2.27 bits per heavy atom. The van der Waals surface area contributed by atoms with Crippen molar-refractivity contribution in [1.82, 2.24) is 20.7 Å². The number of halogens is 2. The van der Waals surface area contributed by atoms with Crippen molar-refractivity contribution in [3.05, 3.63) is 34.2 Å². The highest BCUT2D eigenvalue weighted by Crippen LogP contribution is 2.23. The van der Waals surface area contributed by atoms with Crippen molar-refractivity contribution in [2.45, 2.75) is 12.5 Å². The van der Waals surface area contributed by atoms with E-state index in [1.807, 2.05) is 5.48 Å². The molecule has 2 aromatic rings. The van der Waals surface area contributed by atoms with Gasteiger partial charge in [0.2, 0.25) is 5.82 Å². The number of hydrogen-bond donors (Lipinski definition) is 4. The van der Waals surface area contributed by atoms with Gasteiger partial charge >= 0.3 is 6.03 Å². The number of carbonyl (C=O) groups is 1. The summed E-state index contributed by atoms with van der Waals surface area (Å²) in [6, 6.07) is 3.47. The number of amidine groups is 1. The van der Waals surface area contributed by atoms with E-state index in [4.69, 9.17) is 0 Å². The number of aliphatic hydroxyl groups is 1. The van der Waals surface area contributed by atoms with Gasteiger partial charge in [-0.25, -0.2) is 18.8 Å². The van der Waals surface area contributed by atoms with Crippen LogP contribution in [0.4, 0.5) is 20.7 Å². The first kappa shape index (κ1) is 18.2. The van der Waals surface area contributed by atoms with Crippen LogP contribution in [0.15, 0.2) is 32.3 Å². The molecule has 2 heterocycles. The molecule has 1 atom stereocenters. The smallest absolute Gasteiger partial charge is 0.323 e. The van der Waals surface area contributed by atoms with Gasteiger partial charge in [-0.1, -0.05) is 0 Å². The molecule has 0 radical (unpaired) electrons. The number of rotatable bonds is 3. The molecule has 0 saturated carbocycles. The van der Waals surface area contributed by atoms with E-state index in [0.29, 0.717) is 18.7 Å². The molecular weight excluding hydrogens is 415 g/mol. The third-order valence-corrected chi connectivity index (χ3v) is 4.25. The molecule has 1 fully saturated rings. The van der Waals surface area contributed by atoms with E-state index in [0.717, 1.165) is 0 Å². The van der Waals surface area contributed by atoms with Gasteiger partial charge < -0.3 is 10.0 Å². The first-order valence-corrected chi connectivity index (χ1v) is 8.28. The summed E-state index contributed by atoms with van der Waals surface area (Å²) in [6.45, 7) is 0.603. The van der Waals surface area contributed by atoms with Crippen LogP contribution in [0.5, 0.6) is 0 Å². The Balaban J connectivity index is 1.81. The molecule has 26 heavy (non-hydrogen) atoms. The lowest BCUT2D eigenvalue weighted by Crippen LogP contribution is -2.34. The molecule has 1 aromatic heterocycles. The van der Waals surface area contributed by atoms with Crippen molar-refractivity contribution in [3.8, 4) is 0 Å². The van der Waals surface area contributed by atoms with Crippen LogP contribution in [0.2, 0.25) is 0 Å². The van der Waals surface area contributed by atoms with Gasteiger partial charge in [0.25, 0.3) is 0 Å². The predicted molar refractivity (Wildman–Crippen MR) is 90.7 cm³/mol. The molecule has 1 unspecified atom stereocenters. The zero-order valence-electron chi connectivity index (χ0n) is 13.2. The lowest BCUT2D eigenvalue weighted by Gasteiger charge is -2.15. The van der Waals surface area contributed by atoms with E-state index >= 15 is 0 Å². The molecule has 10 nitrogen and oxygen atoms in total. The largest absolute Gasteiger partial charge is 0.391 e. The molecule has 0 spiro atoms. The number of nitrogens with one attached hydrogen (secondary N) is 2. The molecule has 3 rings (SSSR count). The Morgan fingerprint density at radius 1 is 1.46 bits per heavy atom. The number of aliphatic hydroxyl groups excluding tert-OH is 1. The molecule has 1 aliphatic heterocycles. The minimum Gasteiger partial charge on any atom is -0.391 e. The van der Waals surface area contributed by atoms with Crippen molar-refractivity contribution in [1.29, 1.82) is 0 Å². The summed E-state index contributed by atoms with van der Waals surface area (Å²) < 4.78 is 18.1. The molecule has 0 aliphatic carbocycles. The highest BCUT2D eigenvalue weighted by Gasteiger charge is 2.27. The number of β-amino-alcohol motifs (C(OH)–C–C–N with tert-alkyl or cyclic N) is 1. The third-order valence-electron chi connectivity index (χ3n) is 3.64. The Bertz CT molecular complexity index is 845. The van der Waals surface area contributed by atoms with E-state index in [9.17, 15) is 19.5 Å². The molecular formula is C14H14BrFN6O4. The van der Waals surface area contributed by atoms with Crippen molar-refractivity contribution >= 4 is 39.3 Å². The number of benzene rings is 1. The van der Waals surface area contributed by atoms with E-state index in [2.05, 4.69) is 41.2 Å². The van der Waals surface area contributed by atoms with Gasteiger partial charge in [-0.15, -0.1) is 0 Å². The number of nitrogens with zero attached hydrogens (tertiary/aromatic N) is 4. The minimum absolute atomic E-state index is 0.0546. The molecule has 4 N–H and O–H groups in total. The summed E-state index contributed by atoms with van der Waals surface area (Å²) in [5.74, 6) is -0.703. The zero-order valence-corrected chi connectivity index (χ0v) is 14.8. The van der Waals surface area contributed by atoms with E-state index < -0.39 is 18.0 Å². The number of aromatic nitrogens is 2. The Hall–Kier alpha value is -2.57. The molecule has 1 aromatic carbocycles. The van der Waals surface area contributed by atoms with Gasteiger partial charge in [0, 0.05) is 13.1 Å². The van der Waals surface area contributed by atoms with Crippen LogP contribution in [0.1, 0.15) is 12.1 Å². The van der Waals surface area contributed by atoms with E-state index in [1.165, 1.54) is 23.1 Å². The van der Waals surface area contributed by atoms with Gasteiger partial charge in [0.05, 0.1) is 16.3 Å². The Labute approximate surface area is 154 Å². The number of hydrogen-bond acceptors (Lipinski definition) is 7. The maximum Gasteiger partial charge on any atom is 0.323 e. The van der Waals surface area contributed by atoms with Gasteiger partial charge in [0.1, 0.15) is 5.82 Å². The number of hydroxylamine groups is 1. The van der Waals surface area contributed by atoms with E-state index in [-0.39, 0.29) is 28.4 Å². The molecule has 2 amide bonds. The standard InChI is InChI=1S/C14H14BrFN6O4/c15-9-5-7(1-2-10(9)16)17-12(19-25)11-13(21-26-20-11)18-14(24)22-4-3-8(23)6-22/h1-2,5,8,23,25H,3-4,6H2,(H,17,19)(H,18,21,24). The monoisotopic (exact) mass is 428 g/mol. The first-order chi connectivity index (χ1) is 12.5. The summed E-state index contributed by atoms with van der Waals surface area (Å²) in [6.07, 6.45) is -0.0781. The second kappa shape index (κ2) is 7.76. The van der Waals surface area contributed by atoms with Gasteiger partial charge in [-0.3, -0.25) is 16.0 Å². The fourth-order valence-corrected chi connectivity index (χ4v) is 2.71. The van der Waals surface area contributed by atoms with Crippen molar-refractivity contribution < 1.29 is 24.1 Å². The molecule has 1 aliphatic rings. The lowest BCUT2D eigenvalue weighted by atomic mass is 10.3. The Kier molecular flexibility index (Phi) is 5.44. The average molecular weight is 429 g/mol. The van der Waals surface area contributed by atoms with Crippen LogP contribution >= 0.6 is 15.9 Å². The van der Waals surface area contributed by atoms with Gasteiger partial charge in [0.15, 0.2) is 11.5 Å². The number of anilines is 1. The van der Waals surface area contributed by atoms with Crippen LogP contribution in [-0.2, 0) is 0 Å². The van der Waals surface area contributed by atoms with E-state index in [1.54, 1.807) is 0 Å². The average Bonchev–Trinajstić information content (AvgIpc) is 3.25. The molecule has 138 valence electrons. The summed E-state index contributed by atoms with van der Waals surface area (Å²) in [7, 11) is 0. The number of urea groups is 1. The second-order valence-electron chi connectivity index (χ2n) is 5.45. The summed E-state index contributed by atoms with van der Waals surface area (Å²) in [5, 5.41) is 28.5. The van der Waals surface area contributed by atoms with Crippen LogP contribution in [0, 0.1) is 5.82 Å². The van der Waals surface area contributed by atoms with Crippen LogP contribution in [0.25, 0.3) is 0 Å². The lowest BCUT2D eigenvalue weighted by molar-refractivity contribution is 0.176. The quantitative estimate of drug-likeness (QED) is 0.331. The van der Waals surface area contributed by atoms with Crippen LogP contribution in [0.3, 0.4) is 0 Å². The Morgan fingerprint density at radius 3 is 2.92 bits per heavy atom. The number of amides is 2. The van der Waals surface area contributed by atoms with Crippen molar-refractivity contribution in [2.24, 2.45) is 4.99 Å². The number of likely N-dealkylation sites (tertiary alicyclic amines) is 1. The zero-order chi connectivity index (χ0) is 18.7. The van der Waals surface area contributed by atoms with Gasteiger partial charge in [-0.2, -0.15) is 0 Å². The highest BCUT2D eigenvalue weighted by molar-refractivity contribution is 9.10. The van der Waals surface area contributed by atoms with Crippen LogP contribution < -0.4 is 10.8 Å². The highest BCUT2D eigenvalue weighted by atomic mass is 79.9. The normalized spacial score (nSPS) is 17.5. The fourth-order valence-electron chi connectivity index (χ4n) is 2.35. The minimum atomic E-state index is -0.566. The maximum absolute atomic E-state index is 13.3. The van der Waals surface area contributed by atoms with Gasteiger partial charge in [-0.05, 0) is 50.9 Å². The number of carbonyl (C=O) groups excluding carboxylic acids is 1. The molecule has 12 heteroatoms. The second-order valence-corrected chi connectivity index (χ2v) is 6.31.